The molecule has 0 heterocycles. The fraction of sp³-hybridized carbons (Fsp3) is 0.188. The molecule has 0 bridgehead atoms. The summed E-state index contributed by atoms with van der Waals surface area (Å²) in [6.45, 7) is 0.574. The molecule has 0 atom stereocenters. The maximum Gasteiger partial charge on any atom is 0.224 e. The molecule has 2 N–H and O–H groups in total. The van der Waals surface area contributed by atoms with Gasteiger partial charge in [0.2, 0.25) is 5.91 Å². The number of hydrogen-bond acceptors (Lipinski definition) is 2. The van der Waals surface area contributed by atoms with Crippen LogP contribution in [-0.4, -0.2) is 17.6 Å². The van der Waals surface area contributed by atoms with Gasteiger partial charge in [-0.15, -0.1) is 0 Å². The molecule has 0 fully saturated rings. The second kappa shape index (κ2) is 6.96. The van der Waals surface area contributed by atoms with E-state index in [4.69, 9.17) is 11.6 Å². The van der Waals surface area contributed by atoms with Crippen LogP contribution in [0.5, 0.6) is 5.75 Å². The Labute approximate surface area is 123 Å². The maximum absolute atomic E-state index is 11.8. The first kappa shape index (κ1) is 14.4. The molecule has 2 aromatic rings. The minimum atomic E-state index is -0.0222. The molecule has 4 heteroatoms. The van der Waals surface area contributed by atoms with E-state index in [0.717, 1.165) is 17.5 Å². The van der Waals surface area contributed by atoms with E-state index in [1.54, 1.807) is 24.3 Å². The third-order valence-electron chi connectivity index (χ3n) is 2.93. The number of carbonyl (C=O) groups excluding carboxylic acids is 1. The van der Waals surface area contributed by atoms with Crippen LogP contribution in [-0.2, 0) is 17.6 Å². The number of benzene rings is 2. The van der Waals surface area contributed by atoms with E-state index in [2.05, 4.69) is 5.32 Å². The number of aromatic hydroxyl groups is 1. The lowest BCUT2D eigenvalue weighted by Gasteiger charge is -2.06. The van der Waals surface area contributed by atoms with E-state index in [-0.39, 0.29) is 11.7 Å². The number of rotatable bonds is 5. The van der Waals surface area contributed by atoms with Gasteiger partial charge >= 0.3 is 0 Å². The van der Waals surface area contributed by atoms with Crippen molar-refractivity contribution >= 4 is 17.5 Å². The molecule has 3 nitrogen and oxygen atoms in total. The second-order valence-electron chi connectivity index (χ2n) is 4.57. The van der Waals surface area contributed by atoms with Gasteiger partial charge in [-0.2, -0.15) is 0 Å². The van der Waals surface area contributed by atoms with E-state index in [1.165, 1.54) is 0 Å². The molecule has 0 saturated heterocycles. The van der Waals surface area contributed by atoms with E-state index >= 15 is 0 Å². The van der Waals surface area contributed by atoms with E-state index < -0.39 is 0 Å². The van der Waals surface area contributed by atoms with Crippen molar-refractivity contribution in [2.24, 2.45) is 0 Å². The minimum absolute atomic E-state index is 0.0222. The summed E-state index contributed by atoms with van der Waals surface area (Å²) in [6.07, 6.45) is 1.07. The molecule has 0 radical (unpaired) electrons. The van der Waals surface area contributed by atoms with Crippen molar-refractivity contribution in [3.05, 3.63) is 64.7 Å². The summed E-state index contributed by atoms with van der Waals surface area (Å²) in [6, 6.07) is 14.3. The van der Waals surface area contributed by atoms with Crippen molar-refractivity contribution < 1.29 is 9.90 Å². The number of carbonyl (C=O) groups is 1. The van der Waals surface area contributed by atoms with Gasteiger partial charge in [-0.05, 0) is 41.8 Å². The number of phenolic OH excluding ortho intramolecular Hbond substituents is 1. The van der Waals surface area contributed by atoms with Gasteiger partial charge in [-0.3, -0.25) is 4.79 Å². The maximum atomic E-state index is 11.8. The fourth-order valence-corrected chi connectivity index (χ4v) is 2.12. The average Bonchev–Trinajstić information content (AvgIpc) is 2.41. The van der Waals surface area contributed by atoms with Gasteiger partial charge < -0.3 is 10.4 Å². The van der Waals surface area contributed by atoms with Crippen LogP contribution in [0.2, 0.25) is 5.02 Å². The Hall–Kier alpha value is -2.00. The zero-order chi connectivity index (χ0) is 14.4. The first-order chi connectivity index (χ1) is 9.63. The molecular formula is C16H16ClNO2. The van der Waals surface area contributed by atoms with Crippen molar-refractivity contribution in [1.29, 1.82) is 0 Å². The first-order valence-corrected chi connectivity index (χ1v) is 6.80. The molecule has 0 aliphatic heterocycles. The standard InChI is InChI=1S/C16H16ClNO2/c17-14-3-1-2-13(10-14)11-16(20)18-9-8-12-4-6-15(19)7-5-12/h1-7,10,19H,8-9,11H2,(H,18,20). The topological polar surface area (TPSA) is 49.3 Å². The molecule has 0 aliphatic carbocycles. The number of amides is 1. The van der Waals surface area contributed by atoms with Crippen molar-refractivity contribution in [2.45, 2.75) is 12.8 Å². The first-order valence-electron chi connectivity index (χ1n) is 6.42. The molecule has 1 amide bonds. The lowest BCUT2D eigenvalue weighted by Crippen LogP contribution is -2.27. The summed E-state index contributed by atoms with van der Waals surface area (Å²) in [5.41, 5.74) is 1.98. The Kier molecular flexibility index (Phi) is 5.02. The molecule has 0 aromatic heterocycles. The summed E-state index contributed by atoms with van der Waals surface area (Å²) in [5.74, 6) is 0.227. The lowest BCUT2D eigenvalue weighted by molar-refractivity contribution is -0.120. The number of nitrogens with one attached hydrogen (secondary N) is 1. The van der Waals surface area contributed by atoms with Crippen LogP contribution in [0.15, 0.2) is 48.5 Å². The molecule has 0 saturated carbocycles. The Morgan fingerprint density at radius 1 is 1.10 bits per heavy atom. The zero-order valence-corrected chi connectivity index (χ0v) is 11.7. The van der Waals surface area contributed by atoms with E-state index in [0.29, 0.717) is 18.0 Å². The highest BCUT2D eigenvalue weighted by atomic mass is 35.5. The number of hydrogen-bond donors (Lipinski definition) is 2. The summed E-state index contributed by atoms with van der Waals surface area (Å²) >= 11 is 5.87. The monoisotopic (exact) mass is 289 g/mol. The summed E-state index contributed by atoms with van der Waals surface area (Å²) < 4.78 is 0. The van der Waals surface area contributed by atoms with Gasteiger partial charge in [0.05, 0.1) is 6.42 Å². The number of halogens is 1. The highest BCUT2D eigenvalue weighted by Crippen LogP contribution is 2.11. The summed E-state index contributed by atoms with van der Waals surface area (Å²) in [7, 11) is 0. The molecule has 2 rings (SSSR count). The molecule has 0 unspecified atom stereocenters. The van der Waals surface area contributed by atoms with Crippen molar-refractivity contribution in [2.75, 3.05) is 6.54 Å². The predicted octanol–water partition coefficient (Wildman–Crippen LogP) is 2.95. The van der Waals surface area contributed by atoms with Crippen molar-refractivity contribution in [3.63, 3.8) is 0 Å². The third kappa shape index (κ3) is 4.59. The van der Waals surface area contributed by atoms with Crippen LogP contribution in [0.4, 0.5) is 0 Å². The molecule has 0 aliphatic rings. The molecule has 0 spiro atoms. The quantitative estimate of drug-likeness (QED) is 0.889. The Morgan fingerprint density at radius 3 is 2.55 bits per heavy atom. The SMILES string of the molecule is O=C(Cc1cccc(Cl)c1)NCCc1ccc(O)cc1. The summed E-state index contributed by atoms with van der Waals surface area (Å²) in [4.78, 5) is 11.8. The van der Waals surface area contributed by atoms with E-state index in [1.807, 2.05) is 24.3 Å². The van der Waals surface area contributed by atoms with Gasteiger partial charge in [0.1, 0.15) is 5.75 Å². The van der Waals surface area contributed by atoms with Gasteiger partial charge in [-0.1, -0.05) is 35.9 Å². The average molecular weight is 290 g/mol. The van der Waals surface area contributed by atoms with Crippen molar-refractivity contribution in [1.82, 2.24) is 5.32 Å². The van der Waals surface area contributed by atoms with Crippen LogP contribution >= 0.6 is 11.6 Å². The van der Waals surface area contributed by atoms with Crippen LogP contribution in [0.1, 0.15) is 11.1 Å². The smallest absolute Gasteiger partial charge is 0.224 e. The lowest BCUT2D eigenvalue weighted by atomic mass is 10.1. The molecule has 2 aromatic carbocycles. The Balaban J connectivity index is 1.76. The van der Waals surface area contributed by atoms with Gasteiger partial charge in [0.15, 0.2) is 0 Å². The molecular weight excluding hydrogens is 274 g/mol. The highest BCUT2D eigenvalue weighted by molar-refractivity contribution is 6.30. The fourth-order valence-electron chi connectivity index (χ4n) is 1.90. The van der Waals surface area contributed by atoms with Crippen LogP contribution in [0.25, 0.3) is 0 Å². The minimum Gasteiger partial charge on any atom is -0.508 e. The van der Waals surface area contributed by atoms with Crippen LogP contribution in [0, 0.1) is 0 Å². The van der Waals surface area contributed by atoms with Crippen LogP contribution < -0.4 is 5.32 Å². The number of phenols is 1. The highest BCUT2D eigenvalue weighted by Gasteiger charge is 2.03. The predicted molar refractivity (Wildman–Crippen MR) is 80.0 cm³/mol. The third-order valence-corrected chi connectivity index (χ3v) is 3.16. The van der Waals surface area contributed by atoms with Crippen molar-refractivity contribution in [3.8, 4) is 5.75 Å². The second-order valence-corrected chi connectivity index (χ2v) is 5.01. The zero-order valence-electron chi connectivity index (χ0n) is 11.0. The Morgan fingerprint density at radius 2 is 1.85 bits per heavy atom. The normalized spacial score (nSPS) is 10.2. The Bertz CT molecular complexity index is 581. The molecule has 104 valence electrons. The summed E-state index contributed by atoms with van der Waals surface area (Å²) in [5, 5.41) is 12.7. The van der Waals surface area contributed by atoms with Gasteiger partial charge in [0, 0.05) is 11.6 Å². The largest absolute Gasteiger partial charge is 0.508 e. The van der Waals surface area contributed by atoms with E-state index in [9.17, 15) is 9.90 Å². The van der Waals surface area contributed by atoms with Gasteiger partial charge in [0.25, 0.3) is 0 Å². The molecule has 20 heavy (non-hydrogen) atoms. The van der Waals surface area contributed by atoms with Crippen LogP contribution in [0.3, 0.4) is 0 Å². The van der Waals surface area contributed by atoms with Gasteiger partial charge in [-0.25, -0.2) is 0 Å².